The number of hydrogen-bond donors (Lipinski definition) is 1. The maximum absolute atomic E-state index is 5.86. The third kappa shape index (κ3) is 2.51. The molecular formula is C13H19NO. The van der Waals surface area contributed by atoms with Gasteiger partial charge in [-0.3, -0.25) is 0 Å². The summed E-state index contributed by atoms with van der Waals surface area (Å²) in [6.07, 6.45) is 4.21. The van der Waals surface area contributed by atoms with E-state index in [1.165, 1.54) is 24.8 Å². The van der Waals surface area contributed by atoms with E-state index in [2.05, 4.69) is 30.4 Å². The quantitative estimate of drug-likeness (QED) is 0.816. The predicted octanol–water partition coefficient (Wildman–Crippen LogP) is 2.90. The molecule has 1 aromatic rings. The Hall–Kier alpha value is -1.02. The summed E-state index contributed by atoms with van der Waals surface area (Å²) in [4.78, 5) is 0. The van der Waals surface area contributed by atoms with Gasteiger partial charge in [-0.05, 0) is 50.9 Å². The fourth-order valence-electron chi connectivity index (χ4n) is 1.70. The standard InChI is InChI=1S/C13H19NO/c1-10(14-2)11-5-3-8-13(9-11)15-12-6-4-7-12/h3,5,8-10,12,14H,4,6-7H2,1-2H3. The van der Waals surface area contributed by atoms with E-state index < -0.39 is 0 Å². The number of rotatable bonds is 4. The average Bonchev–Trinajstić information content (AvgIpc) is 2.23. The van der Waals surface area contributed by atoms with Crippen molar-refractivity contribution in [1.29, 1.82) is 0 Å². The minimum atomic E-state index is 0.384. The number of ether oxygens (including phenoxy) is 1. The Morgan fingerprint density at radius 1 is 1.40 bits per heavy atom. The first kappa shape index (κ1) is 10.5. The smallest absolute Gasteiger partial charge is 0.120 e. The maximum Gasteiger partial charge on any atom is 0.120 e. The predicted molar refractivity (Wildman–Crippen MR) is 62.2 cm³/mol. The maximum atomic E-state index is 5.86. The fraction of sp³-hybridized carbons (Fsp3) is 0.538. The van der Waals surface area contributed by atoms with Crippen LogP contribution in [0.5, 0.6) is 5.75 Å². The van der Waals surface area contributed by atoms with Crippen molar-refractivity contribution in [3.05, 3.63) is 29.8 Å². The zero-order chi connectivity index (χ0) is 10.7. The lowest BCUT2D eigenvalue weighted by Gasteiger charge is -2.26. The molecule has 1 atom stereocenters. The second-order valence-corrected chi connectivity index (χ2v) is 4.25. The van der Waals surface area contributed by atoms with Crippen LogP contribution in [0, 0.1) is 0 Å². The Kier molecular flexibility index (Phi) is 3.27. The Bertz CT molecular complexity index is 320. The van der Waals surface area contributed by atoms with E-state index in [-0.39, 0.29) is 0 Å². The molecule has 0 aromatic heterocycles. The van der Waals surface area contributed by atoms with Gasteiger partial charge in [-0.2, -0.15) is 0 Å². The van der Waals surface area contributed by atoms with Gasteiger partial charge in [0.1, 0.15) is 5.75 Å². The molecule has 1 aromatic carbocycles. The first-order valence-electron chi connectivity index (χ1n) is 5.73. The van der Waals surface area contributed by atoms with Gasteiger partial charge in [-0.1, -0.05) is 12.1 Å². The highest BCUT2D eigenvalue weighted by Gasteiger charge is 2.19. The third-order valence-corrected chi connectivity index (χ3v) is 3.15. The molecule has 0 saturated heterocycles. The highest BCUT2D eigenvalue weighted by atomic mass is 16.5. The van der Waals surface area contributed by atoms with Crippen LogP contribution in [0.3, 0.4) is 0 Å². The molecule has 0 amide bonds. The lowest BCUT2D eigenvalue weighted by atomic mass is 9.96. The molecule has 0 spiro atoms. The molecule has 1 aliphatic carbocycles. The van der Waals surface area contributed by atoms with Crippen molar-refractivity contribution in [1.82, 2.24) is 5.32 Å². The SMILES string of the molecule is CNC(C)c1cccc(OC2CCC2)c1. The summed E-state index contributed by atoms with van der Waals surface area (Å²) in [7, 11) is 1.98. The summed E-state index contributed by atoms with van der Waals surface area (Å²) in [6, 6.07) is 8.77. The first-order chi connectivity index (χ1) is 7.29. The Morgan fingerprint density at radius 3 is 2.80 bits per heavy atom. The number of benzene rings is 1. The Morgan fingerprint density at radius 2 is 2.20 bits per heavy atom. The van der Waals surface area contributed by atoms with Crippen LogP contribution >= 0.6 is 0 Å². The fourth-order valence-corrected chi connectivity index (χ4v) is 1.70. The largest absolute Gasteiger partial charge is 0.490 e. The Labute approximate surface area is 91.6 Å². The molecular weight excluding hydrogens is 186 g/mol. The highest BCUT2D eigenvalue weighted by Crippen LogP contribution is 2.26. The second-order valence-electron chi connectivity index (χ2n) is 4.25. The highest BCUT2D eigenvalue weighted by molar-refractivity contribution is 5.30. The molecule has 0 heterocycles. The van der Waals surface area contributed by atoms with Gasteiger partial charge in [-0.25, -0.2) is 0 Å². The van der Waals surface area contributed by atoms with Crippen LogP contribution in [0.4, 0.5) is 0 Å². The minimum absolute atomic E-state index is 0.384. The molecule has 15 heavy (non-hydrogen) atoms. The van der Waals surface area contributed by atoms with Crippen molar-refractivity contribution >= 4 is 0 Å². The minimum Gasteiger partial charge on any atom is -0.490 e. The van der Waals surface area contributed by atoms with Gasteiger partial charge in [0.2, 0.25) is 0 Å². The van der Waals surface area contributed by atoms with E-state index in [4.69, 9.17) is 4.74 Å². The summed E-state index contributed by atoms with van der Waals surface area (Å²) >= 11 is 0. The molecule has 2 heteroatoms. The normalized spacial score (nSPS) is 18.3. The van der Waals surface area contributed by atoms with Crippen molar-refractivity contribution < 1.29 is 4.74 Å². The first-order valence-corrected chi connectivity index (χ1v) is 5.73. The van der Waals surface area contributed by atoms with E-state index in [9.17, 15) is 0 Å². The van der Waals surface area contributed by atoms with E-state index in [1.807, 2.05) is 13.1 Å². The zero-order valence-electron chi connectivity index (χ0n) is 9.49. The van der Waals surface area contributed by atoms with Crippen LogP contribution in [0.2, 0.25) is 0 Å². The van der Waals surface area contributed by atoms with Crippen molar-refractivity contribution in [2.24, 2.45) is 0 Å². The summed E-state index contributed by atoms with van der Waals surface area (Å²) < 4.78 is 5.86. The molecule has 1 fully saturated rings. The molecule has 2 rings (SSSR count). The molecule has 0 radical (unpaired) electrons. The van der Waals surface area contributed by atoms with Crippen molar-refractivity contribution in [2.45, 2.75) is 38.3 Å². The molecule has 1 aliphatic rings. The zero-order valence-corrected chi connectivity index (χ0v) is 9.49. The van der Waals surface area contributed by atoms with E-state index >= 15 is 0 Å². The third-order valence-electron chi connectivity index (χ3n) is 3.15. The van der Waals surface area contributed by atoms with E-state index in [0.29, 0.717) is 12.1 Å². The van der Waals surface area contributed by atoms with Gasteiger partial charge >= 0.3 is 0 Å². The molecule has 2 nitrogen and oxygen atoms in total. The van der Waals surface area contributed by atoms with Crippen molar-refractivity contribution in [2.75, 3.05) is 7.05 Å². The molecule has 1 unspecified atom stereocenters. The molecule has 1 saturated carbocycles. The number of hydrogen-bond acceptors (Lipinski definition) is 2. The number of nitrogens with one attached hydrogen (secondary N) is 1. The van der Waals surface area contributed by atoms with Gasteiger partial charge in [0.25, 0.3) is 0 Å². The van der Waals surface area contributed by atoms with Crippen LogP contribution in [-0.2, 0) is 0 Å². The molecule has 82 valence electrons. The van der Waals surface area contributed by atoms with E-state index in [0.717, 1.165) is 5.75 Å². The van der Waals surface area contributed by atoms with Crippen LogP contribution in [0.15, 0.2) is 24.3 Å². The van der Waals surface area contributed by atoms with Crippen LogP contribution in [0.25, 0.3) is 0 Å². The van der Waals surface area contributed by atoms with Crippen LogP contribution < -0.4 is 10.1 Å². The van der Waals surface area contributed by atoms with Gasteiger partial charge < -0.3 is 10.1 Å². The lowest BCUT2D eigenvalue weighted by molar-refractivity contribution is 0.120. The molecule has 1 N–H and O–H groups in total. The topological polar surface area (TPSA) is 21.3 Å². The summed E-state index contributed by atoms with van der Waals surface area (Å²) in [6.45, 7) is 2.16. The summed E-state index contributed by atoms with van der Waals surface area (Å²) in [5.74, 6) is 1.01. The van der Waals surface area contributed by atoms with E-state index in [1.54, 1.807) is 0 Å². The van der Waals surface area contributed by atoms with Crippen LogP contribution in [0.1, 0.15) is 37.8 Å². The lowest BCUT2D eigenvalue weighted by Crippen LogP contribution is -2.24. The van der Waals surface area contributed by atoms with Gasteiger partial charge in [0.05, 0.1) is 6.10 Å². The molecule has 0 aliphatic heterocycles. The Balaban J connectivity index is 2.04. The van der Waals surface area contributed by atoms with Gasteiger partial charge in [0, 0.05) is 6.04 Å². The molecule has 0 bridgehead atoms. The van der Waals surface area contributed by atoms with Gasteiger partial charge in [-0.15, -0.1) is 0 Å². The summed E-state index contributed by atoms with van der Waals surface area (Å²) in [5.41, 5.74) is 1.29. The van der Waals surface area contributed by atoms with Crippen molar-refractivity contribution in [3.8, 4) is 5.75 Å². The van der Waals surface area contributed by atoms with Crippen LogP contribution in [-0.4, -0.2) is 13.2 Å². The summed E-state index contributed by atoms with van der Waals surface area (Å²) in [5, 5.41) is 3.23. The van der Waals surface area contributed by atoms with Gasteiger partial charge in [0.15, 0.2) is 0 Å². The monoisotopic (exact) mass is 205 g/mol. The second kappa shape index (κ2) is 4.67. The van der Waals surface area contributed by atoms with Crippen molar-refractivity contribution in [3.63, 3.8) is 0 Å². The average molecular weight is 205 g/mol.